The van der Waals surface area contributed by atoms with Crippen LogP contribution in [0.2, 0.25) is 5.02 Å². The number of nitrogen functional groups attached to an aromatic ring is 1. The summed E-state index contributed by atoms with van der Waals surface area (Å²) in [7, 11) is 2.12. The van der Waals surface area contributed by atoms with Crippen molar-refractivity contribution in [2.75, 3.05) is 30.9 Å². The third-order valence-corrected chi connectivity index (χ3v) is 3.76. The van der Waals surface area contributed by atoms with Gasteiger partial charge in [0, 0.05) is 32.0 Å². The predicted molar refractivity (Wildman–Crippen MR) is 72.8 cm³/mol. The normalized spacial score (nSPS) is 17.1. The van der Waals surface area contributed by atoms with Crippen LogP contribution in [0.4, 0.5) is 11.4 Å². The van der Waals surface area contributed by atoms with Gasteiger partial charge in [0.25, 0.3) is 0 Å². The van der Waals surface area contributed by atoms with Gasteiger partial charge in [0.2, 0.25) is 0 Å². The molecule has 0 bridgehead atoms. The van der Waals surface area contributed by atoms with Crippen LogP contribution in [0, 0.1) is 6.92 Å². The molecule has 0 radical (unpaired) electrons. The second kappa shape index (κ2) is 5.15. The topological polar surface area (TPSA) is 38.5 Å². The molecule has 3 nitrogen and oxygen atoms in total. The van der Waals surface area contributed by atoms with Gasteiger partial charge in [0.1, 0.15) is 0 Å². The highest BCUT2D eigenvalue weighted by Gasteiger charge is 2.20. The lowest BCUT2D eigenvalue weighted by Gasteiger charge is -2.34. The van der Waals surface area contributed by atoms with E-state index in [4.69, 9.17) is 22.1 Å². The smallest absolute Gasteiger partial charge is 0.0656 e. The highest BCUT2D eigenvalue weighted by molar-refractivity contribution is 6.33. The van der Waals surface area contributed by atoms with Gasteiger partial charge in [-0.3, -0.25) is 0 Å². The molecule has 0 aromatic heterocycles. The minimum Gasteiger partial charge on any atom is -0.398 e. The van der Waals surface area contributed by atoms with Gasteiger partial charge < -0.3 is 15.4 Å². The summed E-state index contributed by atoms with van der Waals surface area (Å²) in [5.41, 5.74) is 8.77. The van der Waals surface area contributed by atoms with E-state index >= 15 is 0 Å². The maximum absolute atomic E-state index is 6.09. The molecule has 0 aliphatic carbocycles. The van der Waals surface area contributed by atoms with Crippen molar-refractivity contribution < 1.29 is 4.74 Å². The molecule has 1 saturated heterocycles. The van der Waals surface area contributed by atoms with Crippen LogP contribution in [-0.4, -0.2) is 26.3 Å². The first kappa shape index (κ1) is 12.5. The summed E-state index contributed by atoms with van der Waals surface area (Å²) in [6, 6.07) is 4.43. The number of anilines is 2. The summed E-state index contributed by atoms with van der Waals surface area (Å²) in [5.74, 6) is 0. The monoisotopic (exact) mass is 254 g/mol. The van der Waals surface area contributed by atoms with Crippen molar-refractivity contribution >= 4 is 23.0 Å². The number of benzene rings is 1. The summed E-state index contributed by atoms with van der Waals surface area (Å²) in [4.78, 5) is 2.29. The number of nitrogens with two attached hydrogens (primary N) is 1. The SMILES string of the molecule is Cc1cc(N)c(Cl)cc1N(C)C1CCOCC1. The number of halogens is 1. The van der Waals surface area contributed by atoms with Gasteiger partial charge in [0.05, 0.1) is 10.7 Å². The minimum absolute atomic E-state index is 0.530. The minimum atomic E-state index is 0.530. The Bertz CT molecular complexity index is 403. The molecule has 0 spiro atoms. The third kappa shape index (κ3) is 2.67. The number of nitrogens with zero attached hydrogens (tertiary/aromatic N) is 1. The van der Waals surface area contributed by atoms with Crippen molar-refractivity contribution in [1.82, 2.24) is 0 Å². The fourth-order valence-electron chi connectivity index (χ4n) is 2.34. The number of ether oxygens (including phenoxy) is 1. The molecule has 1 heterocycles. The first-order chi connectivity index (χ1) is 8.09. The van der Waals surface area contributed by atoms with Crippen LogP contribution in [-0.2, 0) is 4.74 Å². The molecule has 0 saturated carbocycles. The van der Waals surface area contributed by atoms with E-state index in [0.29, 0.717) is 16.8 Å². The lowest BCUT2D eigenvalue weighted by Crippen LogP contribution is -2.37. The molecular weight excluding hydrogens is 236 g/mol. The van der Waals surface area contributed by atoms with Crippen molar-refractivity contribution in [3.8, 4) is 0 Å². The maximum atomic E-state index is 6.09. The largest absolute Gasteiger partial charge is 0.398 e. The molecule has 17 heavy (non-hydrogen) atoms. The zero-order chi connectivity index (χ0) is 12.4. The molecule has 1 fully saturated rings. The Balaban J connectivity index is 2.23. The standard InChI is InChI=1S/C13H19ClN2O/c1-9-7-12(15)11(14)8-13(9)16(2)10-3-5-17-6-4-10/h7-8,10H,3-6,15H2,1-2H3. The number of aryl methyl sites for hydroxylation is 1. The molecule has 0 unspecified atom stereocenters. The van der Waals surface area contributed by atoms with E-state index in [9.17, 15) is 0 Å². The predicted octanol–water partition coefficient (Wildman–Crippen LogP) is 2.85. The van der Waals surface area contributed by atoms with Gasteiger partial charge in [-0.1, -0.05) is 11.6 Å². The van der Waals surface area contributed by atoms with Crippen molar-refractivity contribution in [2.24, 2.45) is 0 Å². The fourth-order valence-corrected chi connectivity index (χ4v) is 2.50. The van der Waals surface area contributed by atoms with Gasteiger partial charge in [-0.15, -0.1) is 0 Å². The van der Waals surface area contributed by atoms with Crippen molar-refractivity contribution in [3.05, 3.63) is 22.7 Å². The molecule has 1 aliphatic rings. The molecular formula is C13H19ClN2O. The average molecular weight is 255 g/mol. The van der Waals surface area contributed by atoms with E-state index in [1.807, 2.05) is 12.1 Å². The Morgan fingerprint density at radius 3 is 2.65 bits per heavy atom. The van der Waals surface area contributed by atoms with Gasteiger partial charge in [-0.05, 0) is 37.5 Å². The molecule has 4 heteroatoms. The molecule has 94 valence electrons. The molecule has 2 N–H and O–H groups in total. The van der Waals surface area contributed by atoms with E-state index < -0.39 is 0 Å². The van der Waals surface area contributed by atoms with E-state index in [2.05, 4.69) is 18.9 Å². The van der Waals surface area contributed by atoms with Crippen molar-refractivity contribution in [2.45, 2.75) is 25.8 Å². The summed E-state index contributed by atoms with van der Waals surface area (Å²) >= 11 is 6.09. The van der Waals surface area contributed by atoms with Crippen LogP contribution < -0.4 is 10.6 Å². The summed E-state index contributed by atoms with van der Waals surface area (Å²) in [6.07, 6.45) is 2.13. The molecule has 1 aromatic carbocycles. The number of rotatable bonds is 2. The maximum Gasteiger partial charge on any atom is 0.0656 e. The van der Waals surface area contributed by atoms with Gasteiger partial charge >= 0.3 is 0 Å². The van der Waals surface area contributed by atoms with Crippen molar-refractivity contribution in [3.63, 3.8) is 0 Å². The first-order valence-corrected chi connectivity index (χ1v) is 6.33. The molecule has 0 atom stereocenters. The fraction of sp³-hybridized carbons (Fsp3) is 0.538. The van der Waals surface area contributed by atoms with Crippen LogP contribution in [0.3, 0.4) is 0 Å². The number of hydrogen-bond acceptors (Lipinski definition) is 3. The summed E-state index contributed by atoms with van der Waals surface area (Å²) in [6.45, 7) is 3.76. The molecule has 1 aliphatic heterocycles. The van der Waals surface area contributed by atoms with E-state index in [1.54, 1.807) is 0 Å². The lowest BCUT2D eigenvalue weighted by atomic mass is 10.0. The highest BCUT2D eigenvalue weighted by Crippen LogP contribution is 2.31. The van der Waals surface area contributed by atoms with E-state index in [0.717, 1.165) is 31.7 Å². The second-order valence-electron chi connectivity index (χ2n) is 4.61. The molecule has 2 rings (SSSR count). The highest BCUT2D eigenvalue weighted by atomic mass is 35.5. The van der Waals surface area contributed by atoms with E-state index in [-0.39, 0.29) is 0 Å². The Morgan fingerprint density at radius 2 is 2.00 bits per heavy atom. The van der Waals surface area contributed by atoms with Crippen molar-refractivity contribution in [1.29, 1.82) is 0 Å². The van der Waals surface area contributed by atoms with E-state index in [1.165, 1.54) is 5.56 Å². The van der Waals surface area contributed by atoms with Gasteiger partial charge in [-0.2, -0.15) is 0 Å². The lowest BCUT2D eigenvalue weighted by molar-refractivity contribution is 0.0855. The van der Waals surface area contributed by atoms with Crippen LogP contribution in [0.1, 0.15) is 18.4 Å². The summed E-state index contributed by atoms with van der Waals surface area (Å²) < 4.78 is 5.39. The second-order valence-corrected chi connectivity index (χ2v) is 5.02. The number of hydrogen-bond donors (Lipinski definition) is 1. The molecule has 1 aromatic rings. The summed E-state index contributed by atoms with van der Waals surface area (Å²) in [5, 5.41) is 0.629. The van der Waals surface area contributed by atoms with Gasteiger partial charge in [0.15, 0.2) is 0 Å². The van der Waals surface area contributed by atoms with Crippen LogP contribution >= 0.6 is 11.6 Å². The van der Waals surface area contributed by atoms with Crippen LogP contribution in [0.25, 0.3) is 0 Å². The van der Waals surface area contributed by atoms with Crippen LogP contribution in [0.5, 0.6) is 0 Å². The Labute approximate surface area is 107 Å². The Morgan fingerprint density at radius 1 is 1.35 bits per heavy atom. The first-order valence-electron chi connectivity index (χ1n) is 5.96. The zero-order valence-corrected chi connectivity index (χ0v) is 11.1. The average Bonchev–Trinajstić information content (AvgIpc) is 2.34. The van der Waals surface area contributed by atoms with Crippen LogP contribution in [0.15, 0.2) is 12.1 Å². The third-order valence-electron chi connectivity index (χ3n) is 3.43. The quantitative estimate of drug-likeness (QED) is 0.825. The molecule has 0 amide bonds. The Hall–Kier alpha value is -0.930. The zero-order valence-electron chi connectivity index (χ0n) is 10.4. The van der Waals surface area contributed by atoms with Gasteiger partial charge in [-0.25, -0.2) is 0 Å². The Kier molecular flexibility index (Phi) is 3.79.